The Morgan fingerprint density at radius 2 is 2.19 bits per heavy atom. The zero-order valence-electron chi connectivity index (χ0n) is 11.6. The Morgan fingerprint density at radius 3 is 2.86 bits per heavy atom. The van der Waals surface area contributed by atoms with E-state index >= 15 is 0 Å². The third-order valence-corrected chi connectivity index (χ3v) is 4.39. The largest absolute Gasteiger partial charge is 0.398 e. The Kier molecular flexibility index (Phi) is 3.79. The highest BCUT2D eigenvalue weighted by Crippen LogP contribution is 2.29. The molecule has 0 radical (unpaired) electrons. The summed E-state index contributed by atoms with van der Waals surface area (Å²) in [6, 6.07) is 7.27. The molecule has 2 heterocycles. The molecule has 1 amide bonds. The van der Waals surface area contributed by atoms with Gasteiger partial charge in [-0.05, 0) is 30.4 Å². The van der Waals surface area contributed by atoms with Crippen LogP contribution in [0.5, 0.6) is 0 Å². The highest BCUT2D eigenvalue weighted by molar-refractivity contribution is 7.09. The predicted molar refractivity (Wildman–Crippen MR) is 83.0 cm³/mol. The molecule has 1 aliphatic rings. The molecule has 0 aromatic carbocycles. The summed E-state index contributed by atoms with van der Waals surface area (Å²) in [7, 11) is 0. The highest BCUT2D eigenvalue weighted by Gasteiger charge is 2.32. The number of nitrogens with zero attached hydrogens (tertiary/aromatic N) is 2. The maximum Gasteiger partial charge on any atom is 0.251 e. The first-order valence-corrected chi connectivity index (χ1v) is 7.79. The quantitative estimate of drug-likeness (QED) is 0.914. The monoisotopic (exact) mass is 303 g/mol. The van der Waals surface area contributed by atoms with Crippen LogP contribution in [0, 0.1) is 0 Å². The SMILES string of the molecule is Nc1ccc(=O)n(CC(=O)N(Cc2cccs2)C2CC2)c1. The van der Waals surface area contributed by atoms with E-state index in [4.69, 9.17) is 5.73 Å². The van der Waals surface area contributed by atoms with E-state index in [0.717, 1.165) is 17.7 Å². The number of pyridine rings is 1. The molecule has 110 valence electrons. The maximum absolute atomic E-state index is 12.5. The van der Waals surface area contributed by atoms with Gasteiger partial charge in [0.25, 0.3) is 5.56 Å². The Bertz CT molecular complexity index is 689. The van der Waals surface area contributed by atoms with Crippen molar-refractivity contribution >= 4 is 22.9 Å². The van der Waals surface area contributed by atoms with Crippen LogP contribution in [0.4, 0.5) is 5.69 Å². The summed E-state index contributed by atoms with van der Waals surface area (Å²) >= 11 is 1.64. The molecular formula is C15H17N3O2S. The predicted octanol–water partition coefficient (Wildman–Crippen LogP) is 1.68. The number of hydrogen-bond acceptors (Lipinski definition) is 4. The van der Waals surface area contributed by atoms with Crippen molar-refractivity contribution in [2.75, 3.05) is 5.73 Å². The summed E-state index contributed by atoms with van der Waals surface area (Å²) in [5.41, 5.74) is 5.96. The van der Waals surface area contributed by atoms with E-state index in [0.29, 0.717) is 18.3 Å². The molecule has 1 saturated carbocycles. The highest BCUT2D eigenvalue weighted by atomic mass is 32.1. The Morgan fingerprint density at radius 1 is 1.38 bits per heavy atom. The van der Waals surface area contributed by atoms with Gasteiger partial charge in [0, 0.05) is 28.9 Å². The molecule has 0 unspecified atom stereocenters. The second-order valence-corrected chi connectivity index (χ2v) is 6.29. The molecule has 21 heavy (non-hydrogen) atoms. The van der Waals surface area contributed by atoms with Crippen LogP contribution in [-0.2, 0) is 17.9 Å². The smallest absolute Gasteiger partial charge is 0.251 e. The van der Waals surface area contributed by atoms with E-state index in [1.54, 1.807) is 17.4 Å². The Balaban J connectivity index is 1.75. The number of carbonyl (C=O) groups is 1. The first-order valence-electron chi connectivity index (χ1n) is 6.91. The number of nitrogens with two attached hydrogens (primary N) is 1. The second-order valence-electron chi connectivity index (χ2n) is 5.26. The van der Waals surface area contributed by atoms with E-state index in [2.05, 4.69) is 0 Å². The summed E-state index contributed by atoms with van der Waals surface area (Å²) in [5.74, 6) is -0.0291. The number of nitrogen functional groups attached to an aromatic ring is 1. The van der Waals surface area contributed by atoms with Crippen LogP contribution < -0.4 is 11.3 Å². The number of carbonyl (C=O) groups excluding carboxylic acids is 1. The van der Waals surface area contributed by atoms with Crippen LogP contribution in [0.3, 0.4) is 0 Å². The molecule has 2 aromatic heterocycles. The van der Waals surface area contributed by atoms with Crippen LogP contribution in [-0.4, -0.2) is 21.4 Å². The van der Waals surface area contributed by atoms with E-state index in [-0.39, 0.29) is 18.0 Å². The molecule has 0 atom stereocenters. The molecular weight excluding hydrogens is 286 g/mol. The van der Waals surface area contributed by atoms with Gasteiger partial charge in [-0.3, -0.25) is 9.59 Å². The molecule has 3 rings (SSSR count). The minimum Gasteiger partial charge on any atom is -0.398 e. The molecule has 6 heteroatoms. The number of aromatic nitrogens is 1. The molecule has 2 aromatic rings. The molecule has 0 bridgehead atoms. The maximum atomic E-state index is 12.5. The van der Waals surface area contributed by atoms with Crippen LogP contribution in [0.25, 0.3) is 0 Å². The van der Waals surface area contributed by atoms with Crippen LogP contribution in [0.1, 0.15) is 17.7 Å². The average molecular weight is 303 g/mol. The summed E-state index contributed by atoms with van der Waals surface area (Å²) in [6.07, 6.45) is 3.61. The summed E-state index contributed by atoms with van der Waals surface area (Å²) in [6.45, 7) is 0.671. The standard InChI is InChI=1S/C15H17N3O2S/c16-11-3-6-14(19)17(8-11)10-15(20)18(12-4-5-12)9-13-2-1-7-21-13/h1-3,6-8,12H,4-5,9-10,16H2. The minimum absolute atomic E-state index is 0.0291. The van der Waals surface area contributed by atoms with Crippen molar-refractivity contribution in [1.82, 2.24) is 9.47 Å². The topological polar surface area (TPSA) is 68.3 Å². The van der Waals surface area contributed by atoms with Crippen molar-refractivity contribution in [3.05, 3.63) is 51.1 Å². The van der Waals surface area contributed by atoms with Crippen molar-refractivity contribution in [3.63, 3.8) is 0 Å². The Labute approximate surface area is 126 Å². The minimum atomic E-state index is -0.204. The van der Waals surface area contributed by atoms with Crippen LogP contribution in [0.15, 0.2) is 40.6 Å². The molecule has 5 nitrogen and oxygen atoms in total. The summed E-state index contributed by atoms with van der Waals surface area (Å²) < 4.78 is 1.38. The van der Waals surface area contributed by atoms with Gasteiger partial charge < -0.3 is 15.2 Å². The van der Waals surface area contributed by atoms with Crippen molar-refractivity contribution in [1.29, 1.82) is 0 Å². The van der Waals surface area contributed by atoms with E-state index in [1.807, 2.05) is 22.4 Å². The normalized spacial score (nSPS) is 14.1. The zero-order valence-corrected chi connectivity index (χ0v) is 12.4. The van der Waals surface area contributed by atoms with E-state index < -0.39 is 0 Å². The first-order chi connectivity index (χ1) is 10.1. The van der Waals surface area contributed by atoms with E-state index in [1.165, 1.54) is 16.8 Å². The number of amides is 1. The van der Waals surface area contributed by atoms with Gasteiger partial charge in [-0.2, -0.15) is 0 Å². The van der Waals surface area contributed by atoms with Crippen molar-refractivity contribution in [3.8, 4) is 0 Å². The van der Waals surface area contributed by atoms with Crippen LogP contribution >= 0.6 is 11.3 Å². The molecule has 0 saturated heterocycles. The lowest BCUT2D eigenvalue weighted by molar-refractivity contribution is -0.133. The Hall–Kier alpha value is -2.08. The van der Waals surface area contributed by atoms with Gasteiger partial charge in [0.1, 0.15) is 6.54 Å². The van der Waals surface area contributed by atoms with Gasteiger partial charge in [-0.1, -0.05) is 6.07 Å². The van der Waals surface area contributed by atoms with Gasteiger partial charge >= 0.3 is 0 Å². The fourth-order valence-electron chi connectivity index (χ4n) is 2.29. The lowest BCUT2D eigenvalue weighted by Gasteiger charge is -2.22. The van der Waals surface area contributed by atoms with Gasteiger partial charge in [-0.15, -0.1) is 11.3 Å². The number of thiophene rings is 1. The number of anilines is 1. The third kappa shape index (κ3) is 3.33. The van der Waals surface area contributed by atoms with Crippen LogP contribution in [0.2, 0.25) is 0 Å². The fourth-order valence-corrected chi connectivity index (χ4v) is 2.99. The van der Waals surface area contributed by atoms with Crippen molar-refractivity contribution in [2.24, 2.45) is 0 Å². The van der Waals surface area contributed by atoms with Gasteiger partial charge in [0.15, 0.2) is 0 Å². The number of hydrogen-bond donors (Lipinski definition) is 1. The molecule has 0 spiro atoms. The second kappa shape index (κ2) is 5.73. The molecule has 2 N–H and O–H groups in total. The van der Waals surface area contributed by atoms with E-state index in [9.17, 15) is 9.59 Å². The lowest BCUT2D eigenvalue weighted by atomic mass is 10.3. The first kappa shape index (κ1) is 13.9. The molecule has 1 fully saturated rings. The van der Waals surface area contributed by atoms with Gasteiger partial charge in [0.2, 0.25) is 5.91 Å². The average Bonchev–Trinajstić information content (AvgIpc) is 3.16. The zero-order chi connectivity index (χ0) is 14.8. The third-order valence-electron chi connectivity index (χ3n) is 3.53. The molecule has 1 aliphatic carbocycles. The lowest BCUT2D eigenvalue weighted by Crippen LogP contribution is -2.37. The van der Waals surface area contributed by atoms with Crippen molar-refractivity contribution < 1.29 is 4.79 Å². The number of rotatable bonds is 5. The summed E-state index contributed by atoms with van der Waals surface area (Å²) in [5, 5.41) is 2.01. The molecule has 0 aliphatic heterocycles. The van der Waals surface area contributed by atoms with Gasteiger partial charge in [0.05, 0.1) is 6.54 Å². The summed E-state index contributed by atoms with van der Waals surface area (Å²) in [4.78, 5) is 27.3. The van der Waals surface area contributed by atoms with Crippen molar-refractivity contribution in [2.45, 2.75) is 32.0 Å². The fraction of sp³-hybridized carbons (Fsp3) is 0.333. The van der Waals surface area contributed by atoms with Gasteiger partial charge in [-0.25, -0.2) is 0 Å².